The van der Waals surface area contributed by atoms with E-state index in [0.29, 0.717) is 19.4 Å². The molecule has 1 saturated heterocycles. The minimum absolute atomic E-state index is 0.0692. The van der Waals surface area contributed by atoms with Crippen LogP contribution in [-0.2, 0) is 9.59 Å². The first-order chi connectivity index (χ1) is 8.59. The van der Waals surface area contributed by atoms with Crippen LogP contribution in [0.15, 0.2) is 30.3 Å². The van der Waals surface area contributed by atoms with E-state index < -0.39 is 0 Å². The lowest BCUT2D eigenvalue weighted by Crippen LogP contribution is -2.33. The van der Waals surface area contributed by atoms with Gasteiger partial charge in [-0.3, -0.25) is 14.5 Å². The summed E-state index contributed by atoms with van der Waals surface area (Å²) in [5.41, 5.74) is 7.08. The Morgan fingerprint density at radius 1 is 1.33 bits per heavy atom. The minimum atomic E-state index is -0.176. The number of benzene rings is 1. The van der Waals surface area contributed by atoms with E-state index in [-0.39, 0.29) is 23.8 Å². The van der Waals surface area contributed by atoms with Crippen LogP contribution in [0.25, 0.3) is 0 Å². The summed E-state index contributed by atoms with van der Waals surface area (Å²) in [5.74, 6) is -0.321. The van der Waals surface area contributed by atoms with Crippen LogP contribution in [0.4, 0.5) is 0 Å². The van der Waals surface area contributed by atoms with Crippen LogP contribution >= 0.6 is 0 Å². The lowest BCUT2D eigenvalue weighted by atomic mass is 10.0. The number of carbonyl (C=O) groups excluding carboxylic acids is 2. The molecular weight excluding hydrogens is 228 g/mol. The van der Waals surface area contributed by atoms with Gasteiger partial charge in [0, 0.05) is 24.9 Å². The molecule has 1 aliphatic rings. The van der Waals surface area contributed by atoms with Crippen molar-refractivity contribution in [1.82, 2.24) is 4.90 Å². The minimum Gasteiger partial charge on any atom is -0.324 e. The Kier molecular flexibility index (Phi) is 3.77. The van der Waals surface area contributed by atoms with Gasteiger partial charge in [-0.05, 0) is 12.0 Å². The lowest BCUT2D eigenvalue weighted by molar-refractivity contribution is -0.139. The van der Waals surface area contributed by atoms with Crippen LogP contribution in [0.5, 0.6) is 0 Å². The van der Waals surface area contributed by atoms with Crippen molar-refractivity contribution in [2.24, 2.45) is 11.7 Å². The fraction of sp³-hybridized carbons (Fsp3) is 0.429. The molecule has 2 unspecified atom stereocenters. The monoisotopic (exact) mass is 246 g/mol. The summed E-state index contributed by atoms with van der Waals surface area (Å²) < 4.78 is 0. The van der Waals surface area contributed by atoms with E-state index in [0.717, 1.165) is 5.56 Å². The van der Waals surface area contributed by atoms with E-state index in [1.165, 1.54) is 4.90 Å². The number of imide groups is 1. The average Bonchev–Trinajstić information content (AvgIpc) is 2.62. The van der Waals surface area contributed by atoms with Crippen LogP contribution < -0.4 is 5.73 Å². The van der Waals surface area contributed by atoms with Crippen molar-refractivity contribution in [3.05, 3.63) is 35.9 Å². The van der Waals surface area contributed by atoms with Crippen LogP contribution in [-0.4, -0.2) is 23.3 Å². The van der Waals surface area contributed by atoms with Crippen molar-refractivity contribution in [1.29, 1.82) is 0 Å². The normalized spacial score (nSPS) is 21.4. The molecule has 1 fully saturated rings. The predicted octanol–water partition coefficient (Wildman–Crippen LogP) is 1.47. The van der Waals surface area contributed by atoms with Gasteiger partial charge in [-0.2, -0.15) is 0 Å². The van der Waals surface area contributed by atoms with E-state index in [9.17, 15) is 9.59 Å². The topological polar surface area (TPSA) is 63.4 Å². The second kappa shape index (κ2) is 5.31. The SMILES string of the molecule is CC1CC(=O)N(CCC(N)c2ccccc2)C1=O. The largest absolute Gasteiger partial charge is 0.324 e. The summed E-state index contributed by atoms with van der Waals surface area (Å²) in [5, 5.41) is 0. The summed E-state index contributed by atoms with van der Waals surface area (Å²) in [6.07, 6.45) is 0.938. The Bertz CT molecular complexity index is 444. The fourth-order valence-corrected chi connectivity index (χ4v) is 2.22. The van der Waals surface area contributed by atoms with E-state index >= 15 is 0 Å². The number of nitrogens with two attached hydrogens (primary N) is 1. The maximum atomic E-state index is 11.7. The molecule has 1 aliphatic heterocycles. The number of likely N-dealkylation sites (tertiary alicyclic amines) is 1. The van der Waals surface area contributed by atoms with E-state index in [4.69, 9.17) is 5.73 Å². The molecule has 2 N–H and O–H groups in total. The van der Waals surface area contributed by atoms with Gasteiger partial charge >= 0.3 is 0 Å². The Morgan fingerprint density at radius 3 is 2.56 bits per heavy atom. The molecule has 0 aliphatic carbocycles. The zero-order chi connectivity index (χ0) is 13.1. The van der Waals surface area contributed by atoms with Crippen LogP contribution in [0, 0.1) is 5.92 Å². The molecule has 1 aromatic carbocycles. The van der Waals surface area contributed by atoms with Gasteiger partial charge in [0.1, 0.15) is 0 Å². The zero-order valence-corrected chi connectivity index (χ0v) is 10.5. The molecule has 1 aromatic rings. The molecule has 0 radical (unpaired) electrons. The first-order valence-electron chi connectivity index (χ1n) is 6.24. The molecule has 0 bridgehead atoms. The molecule has 0 aromatic heterocycles. The van der Waals surface area contributed by atoms with Gasteiger partial charge < -0.3 is 5.73 Å². The van der Waals surface area contributed by atoms with Crippen LogP contribution in [0.2, 0.25) is 0 Å². The highest BCUT2D eigenvalue weighted by Crippen LogP contribution is 2.21. The van der Waals surface area contributed by atoms with Crippen LogP contribution in [0.1, 0.15) is 31.4 Å². The Hall–Kier alpha value is -1.68. The molecule has 1 heterocycles. The van der Waals surface area contributed by atoms with E-state index in [2.05, 4.69) is 0 Å². The Balaban J connectivity index is 1.92. The summed E-state index contributed by atoms with van der Waals surface area (Å²) in [7, 11) is 0. The van der Waals surface area contributed by atoms with Gasteiger partial charge in [-0.15, -0.1) is 0 Å². The molecule has 18 heavy (non-hydrogen) atoms. The molecule has 2 atom stereocenters. The second-order valence-electron chi connectivity index (χ2n) is 4.79. The molecule has 4 heteroatoms. The lowest BCUT2D eigenvalue weighted by Gasteiger charge is -2.18. The molecule has 2 amide bonds. The Labute approximate surface area is 107 Å². The molecule has 0 spiro atoms. The van der Waals surface area contributed by atoms with Crippen molar-refractivity contribution in [3.8, 4) is 0 Å². The molecule has 0 saturated carbocycles. The number of nitrogens with zero attached hydrogens (tertiary/aromatic N) is 1. The van der Waals surface area contributed by atoms with Gasteiger partial charge in [0.25, 0.3) is 0 Å². The first-order valence-corrected chi connectivity index (χ1v) is 6.24. The third kappa shape index (κ3) is 2.59. The summed E-state index contributed by atoms with van der Waals surface area (Å²) >= 11 is 0. The highest BCUT2D eigenvalue weighted by molar-refractivity contribution is 6.03. The zero-order valence-electron chi connectivity index (χ0n) is 10.5. The van der Waals surface area contributed by atoms with Gasteiger partial charge in [0.2, 0.25) is 11.8 Å². The summed E-state index contributed by atoms with van der Waals surface area (Å²) in [4.78, 5) is 24.7. The second-order valence-corrected chi connectivity index (χ2v) is 4.79. The smallest absolute Gasteiger partial charge is 0.232 e. The Morgan fingerprint density at radius 2 is 2.00 bits per heavy atom. The van der Waals surface area contributed by atoms with Crippen molar-refractivity contribution in [3.63, 3.8) is 0 Å². The van der Waals surface area contributed by atoms with E-state index in [1.54, 1.807) is 6.92 Å². The molecular formula is C14H18N2O2. The van der Waals surface area contributed by atoms with Crippen molar-refractivity contribution in [2.45, 2.75) is 25.8 Å². The van der Waals surface area contributed by atoms with E-state index in [1.807, 2.05) is 30.3 Å². The number of hydrogen-bond acceptors (Lipinski definition) is 3. The van der Waals surface area contributed by atoms with Crippen molar-refractivity contribution >= 4 is 11.8 Å². The van der Waals surface area contributed by atoms with Gasteiger partial charge in [-0.1, -0.05) is 37.3 Å². The number of amides is 2. The van der Waals surface area contributed by atoms with Gasteiger partial charge in [-0.25, -0.2) is 0 Å². The number of rotatable bonds is 4. The first kappa shape index (κ1) is 12.8. The third-order valence-electron chi connectivity index (χ3n) is 3.36. The molecule has 4 nitrogen and oxygen atoms in total. The number of hydrogen-bond donors (Lipinski definition) is 1. The average molecular weight is 246 g/mol. The summed E-state index contributed by atoms with van der Waals surface area (Å²) in [6, 6.07) is 9.59. The number of carbonyl (C=O) groups is 2. The highest BCUT2D eigenvalue weighted by atomic mass is 16.2. The van der Waals surface area contributed by atoms with Gasteiger partial charge in [0.15, 0.2) is 0 Å². The van der Waals surface area contributed by atoms with Crippen LogP contribution in [0.3, 0.4) is 0 Å². The van der Waals surface area contributed by atoms with Crippen molar-refractivity contribution < 1.29 is 9.59 Å². The maximum Gasteiger partial charge on any atom is 0.232 e. The van der Waals surface area contributed by atoms with Crippen molar-refractivity contribution in [2.75, 3.05) is 6.54 Å². The molecule has 2 rings (SSSR count). The maximum absolute atomic E-state index is 11.7. The summed E-state index contributed by atoms with van der Waals surface area (Å²) in [6.45, 7) is 2.20. The molecule has 96 valence electrons. The fourth-order valence-electron chi connectivity index (χ4n) is 2.22. The predicted molar refractivity (Wildman–Crippen MR) is 68.5 cm³/mol. The third-order valence-corrected chi connectivity index (χ3v) is 3.36. The standard InChI is InChI=1S/C14H18N2O2/c1-10-9-13(17)16(14(10)18)8-7-12(15)11-5-3-2-4-6-11/h2-6,10,12H,7-9,15H2,1H3. The highest BCUT2D eigenvalue weighted by Gasteiger charge is 2.35. The quantitative estimate of drug-likeness (QED) is 0.818. The van der Waals surface area contributed by atoms with Gasteiger partial charge in [0.05, 0.1) is 0 Å².